The van der Waals surface area contributed by atoms with Crippen LogP contribution in [0, 0.1) is 6.92 Å². The lowest BCUT2D eigenvalue weighted by molar-refractivity contribution is -0.143. The lowest BCUT2D eigenvalue weighted by atomic mass is 10.0. The first kappa shape index (κ1) is 24.2. The molecule has 182 valence electrons. The fourth-order valence-corrected chi connectivity index (χ4v) is 3.87. The molecule has 4 aromatic rings. The number of fused-ring (bicyclic) bond motifs is 1. The van der Waals surface area contributed by atoms with Gasteiger partial charge in [-0.25, -0.2) is 4.68 Å². The number of nitrogens with zero attached hydrogens (tertiary/aromatic N) is 4. The summed E-state index contributed by atoms with van der Waals surface area (Å²) in [4.78, 5) is 29.1. The molecule has 0 saturated heterocycles. The Balaban J connectivity index is 1.74. The number of hydrogen-bond acceptors (Lipinski definition) is 5. The van der Waals surface area contributed by atoms with Crippen molar-refractivity contribution in [3.8, 4) is 0 Å². The molecule has 2 heterocycles. The summed E-state index contributed by atoms with van der Waals surface area (Å²) in [6.45, 7) is 7.92. The van der Waals surface area contributed by atoms with Crippen molar-refractivity contribution in [3.05, 3.63) is 83.8 Å². The number of nitrogens with one attached hydrogen (secondary N) is 1. The molecule has 0 unspecified atom stereocenters. The number of hydrogen-bond donors (Lipinski definition) is 1. The van der Waals surface area contributed by atoms with Gasteiger partial charge < -0.3 is 14.6 Å². The number of carbonyl (C=O) groups excluding carboxylic acids is 2. The van der Waals surface area contributed by atoms with Gasteiger partial charge in [0.05, 0.1) is 5.52 Å². The molecule has 0 fully saturated rings. The van der Waals surface area contributed by atoms with Crippen molar-refractivity contribution in [2.45, 2.75) is 58.8 Å². The molecule has 1 atom stereocenters. The molecule has 0 bridgehead atoms. The van der Waals surface area contributed by atoms with E-state index in [1.807, 2.05) is 82.3 Å². The standard InChI is InChI=1S/C27H31N5O3/c1-5-27(3,4)28-26(34)25(23-16-15-19(2)35-23)31(17-20-11-7-6-8-12-20)24(33)18-32-22-14-10-9-13-21(22)29-30-32/h6-16,25H,5,17-18H2,1-4H3,(H,28,34)/t25-/m0/s1. The Bertz CT molecular complexity index is 1310. The van der Waals surface area contributed by atoms with Gasteiger partial charge in [-0.2, -0.15) is 0 Å². The molecule has 0 aliphatic carbocycles. The highest BCUT2D eigenvalue weighted by Crippen LogP contribution is 2.27. The topological polar surface area (TPSA) is 93.3 Å². The first-order valence-corrected chi connectivity index (χ1v) is 11.8. The zero-order chi connectivity index (χ0) is 25.0. The molecule has 35 heavy (non-hydrogen) atoms. The van der Waals surface area contributed by atoms with Crippen LogP contribution in [0.4, 0.5) is 0 Å². The molecular weight excluding hydrogens is 442 g/mol. The number of furan rings is 1. The Labute approximate surface area is 204 Å². The van der Waals surface area contributed by atoms with E-state index in [0.29, 0.717) is 17.0 Å². The smallest absolute Gasteiger partial charge is 0.251 e. The van der Waals surface area contributed by atoms with E-state index in [-0.39, 0.29) is 24.9 Å². The van der Waals surface area contributed by atoms with E-state index in [9.17, 15) is 9.59 Å². The summed E-state index contributed by atoms with van der Waals surface area (Å²) in [5.41, 5.74) is 1.92. The third-order valence-electron chi connectivity index (χ3n) is 6.16. The van der Waals surface area contributed by atoms with Crippen molar-refractivity contribution < 1.29 is 14.0 Å². The number of amides is 2. The normalized spacial score (nSPS) is 12.5. The summed E-state index contributed by atoms with van der Waals surface area (Å²) in [5, 5.41) is 11.4. The molecule has 8 heteroatoms. The minimum absolute atomic E-state index is 0.0615. The van der Waals surface area contributed by atoms with Crippen LogP contribution >= 0.6 is 0 Å². The van der Waals surface area contributed by atoms with Crippen molar-refractivity contribution >= 4 is 22.8 Å². The second-order valence-corrected chi connectivity index (χ2v) is 9.32. The minimum atomic E-state index is -0.947. The van der Waals surface area contributed by atoms with Gasteiger partial charge in [0.25, 0.3) is 5.91 Å². The largest absolute Gasteiger partial charge is 0.464 e. The first-order valence-electron chi connectivity index (χ1n) is 11.8. The van der Waals surface area contributed by atoms with Crippen LogP contribution in [0.5, 0.6) is 0 Å². The average Bonchev–Trinajstić information content (AvgIpc) is 3.45. The Morgan fingerprint density at radius 2 is 1.77 bits per heavy atom. The van der Waals surface area contributed by atoms with Gasteiger partial charge in [-0.1, -0.05) is 54.6 Å². The molecule has 2 aromatic carbocycles. The van der Waals surface area contributed by atoms with E-state index >= 15 is 0 Å². The van der Waals surface area contributed by atoms with Crippen molar-refractivity contribution in [1.29, 1.82) is 0 Å². The summed E-state index contributed by atoms with van der Waals surface area (Å²) in [7, 11) is 0. The van der Waals surface area contributed by atoms with E-state index in [2.05, 4.69) is 15.6 Å². The summed E-state index contributed by atoms with van der Waals surface area (Å²) < 4.78 is 7.46. The van der Waals surface area contributed by atoms with Gasteiger partial charge in [0.2, 0.25) is 5.91 Å². The number of rotatable bonds is 9. The number of benzene rings is 2. The van der Waals surface area contributed by atoms with Crippen LogP contribution in [0.25, 0.3) is 11.0 Å². The van der Waals surface area contributed by atoms with Crippen LogP contribution in [-0.2, 0) is 22.7 Å². The maximum absolute atomic E-state index is 13.8. The molecule has 0 spiro atoms. The molecule has 2 amide bonds. The van der Waals surface area contributed by atoms with E-state index < -0.39 is 11.6 Å². The molecule has 1 N–H and O–H groups in total. The highest BCUT2D eigenvalue weighted by atomic mass is 16.3. The highest BCUT2D eigenvalue weighted by Gasteiger charge is 2.36. The summed E-state index contributed by atoms with van der Waals surface area (Å²) in [6.07, 6.45) is 0.736. The number of aromatic nitrogens is 3. The average molecular weight is 474 g/mol. The van der Waals surface area contributed by atoms with Crippen LogP contribution in [-0.4, -0.2) is 37.2 Å². The van der Waals surface area contributed by atoms with E-state index in [4.69, 9.17) is 4.42 Å². The quantitative estimate of drug-likeness (QED) is 0.389. The van der Waals surface area contributed by atoms with Gasteiger partial charge in [-0.15, -0.1) is 5.10 Å². The zero-order valence-corrected chi connectivity index (χ0v) is 20.6. The highest BCUT2D eigenvalue weighted by molar-refractivity contribution is 5.89. The van der Waals surface area contributed by atoms with Crippen LogP contribution in [0.2, 0.25) is 0 Å². The predicted octanol–water partition coefficient (Wildman–Crippen LogP) is 4.41. The van der Waals surface area contributed by atoms with E-state index in [1.165, 1.54) is 0 Å². The first-order chi connectivity index (χ1) is 16.8. The SMILES string of the molecule is CCC(C)(C)NC(=O)[C@H](c1ccc(C)o1)N(Cc1ccccc1)C(=O)Cn1nnc2ccccc21. The van der Waals surface area contributed by atoms with Gasteiger partial charge in [0.1, 0.15) is 23.6 Å². The van der Waals surface area contributed by atoms with Crippen molar-refractivity contribution in [2.75, 3.05) is 0 Å². The number of aryl methyl sites for hydroxylation is 1. The Morgan fingerprint density at radius 3 is 2.46 bits per heavy atom. The van der Waals surface area contributed by atoms with Gasteiger partial charge in [-0.05, 0) is 57.0 Å². The van der Waals surface area contributed by atoms with E-state index in [1.54, 1.807) is 21.7 Å². The maximum Gasteiger partial charge on any atom is 0.251 e. The molecule has 2 aromatic heterocycles. The van der Waals surface area contributed by atoms with Crippen LogP contribution in [0.3, 0.4) is 0 Å². The van der Waals surface area contributed by atoms with Gasteiger partial charge in [0.15, 0.2) is 6.04 Å². The molecule has 0 saturated carbocycles. The molecular formula is C27H31N5O3. The molecule has 0 radical (unpaired) electrons. The lowest BCUT2D eigenvalue weighted by Gasteiger charge is -2.33. The third-order valence-corrected chi connectivity index (χ3v) is 6.16. The van der Waals surface area contributed by atoms with Crippen molar-refractivity contribution in [3.63, 3.8) is 0 Å². The predicted molar refractivity (Wildman–Crippen MR) is 133 cm³/mol. The Kier molecular flexibility index (Phi) is 7.00. The summed E-state index contributed by atoms with van der Waals surface area (Å²) in [5.74, 6) is 0.522. The number of para-hydroxylation sites is 1. The fourth-order valence-electron chi connectivity index (χ4n) is 3.87. The molecule has 8 nitrogen and oxygen atoms in total. The molecule has 0 aliphatic rings. The molecule has 4 rings (SSSR count). The van der Waals surface area contributed by atoms with Gasteiger partial charge in [-0.3, -0.25) is 9.59 Å². The second kappa shape index (κ2) is 10.1. The fraction of sp³-hybridized carbons (Fsp3) is 0.333. The number of carbonyl (C=O) groups is 2. The Hall–Kier alpha value is -3.94. The van der Waals surface area contributed by atoms with E-state index in [0.717, 1.165) is 17.5 Å². The summed E-state index contributed by atoms with van der Waals surface area (Å²) in [6, 6.07) is 19.7. The van der Waals surface area contributed by atoms with Crippen LogP contribution in [0.1, 0.15) is 50.3 Å². The zero-order valence-electron chi connectivity index (χ0n) is 20.6. The van der Waals surface area contributed by atoms with Crippen LogP contribution in [0.15, 0.2) is 71.1 Å². The monoisotopic (exact) mass is 473 g/mol. The lowest BCUT2D eigenvalue weighted by Crippen LogP contribution is -2.50. The second-order valence-electron chi connectivity index (χ2n) is 9.32. The van der Waals surface area contributed by atoms with Gasteiger partial charge >= 0.3 is 0 Å². The molecule has 0 aliphatic heterocycles. The minimum Gasteiger partial charge on any atom is -0.464 e. The Morgan fingerprint density at radius 1 is 1.06 bits per heavy atom. The third kappa shape index (κ3) is 5.59. The maximum atomic E-state index is 13.8. The van der Waals surface area contributed by atoms with Crippen molar-refractivity contribution in [2.24, 2.45) is 0 Å². The summed E-state index contributed by atoms with van der Waals surface area (Å²) >= 11 is 0. The van der Waals surface area contributed by atoms with Crippen LogP contribution < -0.4 is 5.32 Å². The van der Waals surface area contributed by atoms with Gasteiger partial charge in [0, 0.05) is 12.1 Å². The van der Waals surface area contributed by atoms with Crippen molar-refractivity contribution in [1.82, 2.24) is 25.2 Å².